The molecule has 2 aromatic heterocycles. The summed E-state index contributed by atoms with van der Waals surface area (Å²) in [6.45, 7) is 4.09. The van der Waals surface area contributed by atoms with Crippen molar-refractivity contribution in [3.8, 4) is 0 Å². The quantitative estimate of drug-likeness (QED) is 0.588. The van der Waals surface area contributed by atoms with Crippen LogP contribution < -0.4 is 9.35 Å². The van der Waals surface area contributed by atoms with Crippen LogP contribution in [0.1, 0.15) is 26.7 Å². The molecule has 0 aliphatic carbocycles. The predicted octanol–water partition coefficient (Wildman–Crippen LogP) is 2.19. The third kappa shape index (κ3) is 4.72. The van der Waals surface area contributed by atoms with Crippen LogP contribution >= 0.6 is 0 Å². The topological polar surface area (TPSA) is 32.5 Å². The Labute approximate surface area is 119 Å². The van der Waals surface area contributed by atoms with Crippen molar-refractivity contribution in [1.29, 1.82) is 0 Å². The van der Waals surface area contributed by atoms with E-state index in [1.165, 1.54) is 0 Å². The Bertz CT molecular complexity index is 533. The molecule has 0 aliphatic heterocycles. The first-order valence-electron chi connectivity index (χ1n) is 6.75. The highest BCUT2D eigenvalue weighted by Gasteiger charge is 2.03. The molecule has 0 atom stereocenters. The molecule has 102 valence electrons. The second-order valence-corrected chi connectivity index (χ2v) is 4.68. The minimum Gasteiger partial charge on any atom is -0.0597 e. The summed E-state index contributed by atoms with van der Waals surface area (Å²) in [5.74, 6) is 0. The van der Waals surface area contributed by atoms with Crippen LogP contribution in [-0.4, -0.2) is 11.4 Å². The Hall–Kier alpha value is -2.36. The average Bonchev–Trinajstić information content (AvgIpc) is 2.47. The highest BCUT2D eigenvalue weighted by molar-refractivity contribution is 5.88. The van der Waals surface area contributed by atoms with Crippen molar-refractivity contribution >= 4 is 11.4 Å². The summed E-state index contributed by atoms with van der Waals surface area (Å²) in [4.78, 5) is 0. The Balaban J connectivity index is 1.92. The van der Waals surface area contributed by atoms with Crippen molar-refractivity contribution in [1.82, 2.24) is 0 Å². The molecule has 0 saturated heterocycles. The SMILES string of the molecule is C/C(CC/C(C)=N/[n+]1ccccc1)=N\[n+]1ccccc1. The Morgan fingerprint density at radius 3 is 1.35 bits per heavy atom. The van der Waals surface area contributed by atoms with Gasteiger partial charge < -0.3 is 0 Å². The van der Waals surface area contributed by atoms with Crippen molar-refractivity contribution in [2.24, 2.45) is 10.2 Å². The van der Waals surface area contributed by atoms with Crippen LogP contribution in [0.5, 0.6) is 0 Å². The summed E-state index contributed by atoms with van der Waals surface area (Å²) in [5.41, 5.74) is 2.18. The zero-order chi connectivity index (χ0) is 14.2. The van der Waals surface area contributed by atoms with Gasteiger partial charge in [-0.2, -0.15) is 0 Å². The maximum Gasteiger partial charge on any atom is 0.202 e. The first-order chi connectivity index (χ1) is 9.74. The Morgan fingerprint density at radius 2 is 1.00 bits per heavy atom. The lowest BCUT2D eigenvalue weighted by atomic mass is 10.2. The monoisotopic (exact) mass is 268 g/mol. The third-order valence-electron chi connectivity index (χ3n) is 2.82. The first kappa shape index (κ1) is 14.1. The molecular formula is C16H20N4+2. The van der Waals surface area contributed by atoms with Crippen LogP contribution in [0.2, 0.25) is 0 Å². The first-order valence-corrected chi connectivity index (χ1v) is 6.75. The molecule has 4 nitrogen and oxygen atoms in total. The van der Waals surface area contributed by atoms with E-state index in [1.807, 2.05) is 84.4 Å². The van der Waals surface area contributed by atoms with E-state index in [1.54, 1.807) is 0 Å². The molecule has 4 heteroatoms. The third-order valence-corrected chi connectivity index (χ3v) is 2.82. The normalized spacial score (nSPS) is 12.5. The van der Waals surface area contributed by atoms with E-state index in [2.05, 4.69) is 10.2 Å². The van der Waals surface area contributed by atoms with Crippen molar-refractivity contribution in [3.05, 3.63) is 61.2 Å². The fourth-order valence-electron chi connectivity index (χ4n) is 1.77. The maximum atomic E-state index is 4.51. The summed E-state index contributed by atoms with van der Waals surface area (Å²) in [7, 11) is 0. The summed E-state index contributed by atoms with van der Waals surface area (Å²) in [6, 6.07) is 11.8. The van der Waals surface area contributed by atoms with Crippen LogP contribution in [0.3, 0.4) is 0 Å². The van der Waals surface area contributed by atoms with Crippen molar-refractivity contribution in [3.63, 3.8) is 0 Å². The van der Waals surface area contributed by atoms with E-state index >= 15 is 0 Å². The number of rotatable bonds is 5. The van der Waals surface area contributed by atoms with Gasteiger partial charge in [0.05, 0.1) is 11.4 Å². The number of hydrogen-bond acceptors (Lipinski definition) is 2. The van der Waals surface area contributed by atoms with Crippen LogP contribution in [0, 0.1) is 0 Å². The van der Waals surface area contributed by atoms with Crippen molar-refractivity contribution in [2.75, 3.05) is 0 Å². The van der Waals surface area contributed by atoms with E-state index in [-0.39, 0.29) is 0 Å². The van der Waals surface area contributed by atoms with Crippen LogP contribution in [0.15, 0.2) is 71.4 Å². The molecular weight excluding hydrogens is 248 g/mol. The molecule has 2 aromatic rings. The lowest BCUT2D eigenvalue weighted by molar-refractivity contribution is -0.679. The number of nitrogens with zero attached hydrogens (tertiary/aromatic N) is 4. The highest BCUT2D eigenvalue weighted by atomic mass is 15.3. The summed E-state index contributed by atoms with van der Waals surface area (Å²) >= 11 is 0. The zero-order valence-electron chi connectivity index (χ0n) is 12.0. The molecule has 0 saturated carbocycles. The molecule has 0 fully saturated rings. The standard InChI is InChI=1S/C16H20N4/c1-15(17-19-11-5-3-6-12-19)9-10-16(2)18-20-13-7-4-8-14-20/h3-8,11-14H,9-10H2,1-2H3/q+2/b17-15+,18-16+. The molecule has 0 N–H and O–H groups in total. The van der Waals surface area contributed by atoms with Gasteiger partial charge in [-0.3, -0.25) is 0 Å². The molecule has 2 heterocycles. The predicted molar refractivity (Wildman–Crippen MR) is 79.5 cm³/mol. The molecule has 0 aromatic carbocycles. The molecule has 0 spiro atoms. The van der Waals surface area contributed by atoms with Gasteiger partial charge in [-0.15, -0.1) is 0 Å². The van der Waals surface area contributed by atoms with E-state index in [4.69, 9.17) is 0 Å². The average molecular weight is 268 g/mol. The Morgan fingerprint density at radius 1 is 0.650 bits per heavy atom. The van der Waals surface area contributed by atoms with Crippen molar-refractivity contribution < 1.29 is 9.35 Å². The molecule has 0 unspecified atom stereocenters. The summed E-state index contributed by atoms with van der Waals surface area (Å²) in [6.07, 6.45) is 9.55. The zero-order valence-corrected chi connectivity index (χ0v) is 12.0. The van der Waals surface area contributed by atoms with Gasteiger partial charge in [-0.05, 0) is 36.9 Å². The summed E-state index contributed by atoms with van der Waals surface area (Å²) in [5, 5.41) is 9.02. The molecule has 2 rings (SSSR count). The molecule has 0 aliphatic rings. The van der Waals surface area contributed by atoms with Crippen LogP contribution in [0.4, 0.5) is 0 Å². The molecule has 0 radical (unpaired) electrons. The van der Waals surface area contributed by atoms with E-state index in [0.717, 1.165) is 24.3 Å². The van der Waals surface area contributed by atoms with E-state index < -0.39 is 0 Å². The fraction of sp³-hybridized carbons (Fsp3) is 0.250. The van der Waals surface area contributed by atoms with Gasteiger partial charge in [0, 0.05) is 24.3 Å². The molecule has 20 heavy (non-hydrogen) atoms. The second-order valence-electron chi connectivity index (χ2n) is 4.68. The van der Waals surface area contributed by atoms with Crippen molar-refractivity contribution in [2.45, 2.75) is 26.7 Å². The minimum atomic E-state index is 0.907. The maximum absolute atomic E-state index is 4.51. The van der Waals surface area contributed by atoms with Crippen LogP contribution in [-0.2, 0) is 0 Å². The number of hydrogen-bond donors (Lipinski definition) is 0. The second kappa shape index (κ2) is 7.28. The van der Waals surface area contributed by atoms with Gasteiger partial charge >= 0.3 is 0 Å². The summed E-state index contributed by atoms with van der Waals surface area (Å²) < 4.78 is 3.65. The highest BCUT2D eigenvalue weighted by Crippen LogP contribution is 1.95. The van der Waals surface area contributed by atoms with E-state index in [9.17, 15) is 0 Å². The van der Waals surface area contributed by atoms with Gasteiger partial charge in [0.1, 0.15) is 0 Å². The smallest absolute Gasteiger partial charge is 0.0597 e. The molecule has 0 bridgehead atoms. The van der Waals surface area contributed by atoms with Gasteiger partial charge in [0.25, 0.3) is 0 Å². The minimum absolute atomic E-state index is 0.907. The van der Waals surface area contributed by atoms with Gasteiger partial charge in [0.15, 0.2) is 0 Å². The van der Waals surface area contributed by atoms with Gasteiger partial charge in [-0.25, -0.2) is 0 Å². The lowest BCUT2D eigenvalue weighted by Gasteiger charge is -1.96. The fourth-order valence-corrected chi connectivity index (χ4v) is 1.77. The van der Waals surface area contributed by atoms with E-state index in [0.29, 0.717) is 0 Å². The Kier molecular flexibility index (Phi) is 5.12. The number of aromatic nitrogens is 2. The van der Waals surface area contributed by atoms with Gasteiger partial charge in [0.2, 0.25) is 24.8 Å². The number of pyridine rings is 2. The largest absolute Gasteiger partial charge is 0.202 e. The van der Waals surface area contributed by atoms with Crippen LogP contribution in [0.25, 0.3) is 0 Å². The molecule has 0 amide bonds. The lowest BCUT2D eigenvalue weighted by Crippen LogP contribution is -2.28. The van der Waals surface area contributed by atoms with Gasteiger partial charge in [-0.1, -0.05) is 21.5 Å².